The molecule has 0 aliphatic heterocycles. The molecule has 1 rings (SSSR count). The third-order valence-electron chi connectivity index (χ3n) is 2.13. The molecule has 2 N–H and O–H groups in total. The highest BCUT2D eigenvalue weighted by Gasteiger charge is 2.05. The second-order valence-electron chi connectivity index (χ2n) is 3.51. The van der Waals surface area contributed by atoms with Crippen LogP contribution in [0.2, 0.25) is 0 Å². The molecule has 0 spiro atoms. The molecule has 0 heterocycles. The molecule has 0 unspecified atom stereocenters. The van der Waals surface area contributed by atoms with Crippen molar-refractivity contribution in [1.29, 1.82) is 0 Å². The molecule has 0 aliphatic rings. The number of benzene rings is 1. The van der Waals surface area contributed by atoms with Gasteiger partial charge in [0.05, 0.1) is 6.61 Å². The molecule has 0 aromatic heterocycles. The van der Waals surface area contributed by atoms with Crippen molar-refractivity contribution in [2.24, 2.45) is 0 Å². The topological polar surface area (TPSA) is 49.7 Å². The van der Waals surface area contributed by atoms with Crippen molar-refractivity contribution >= 4 is 0 Å². The van der Waals surface area contributed by atoms with Crippen LogP contribution in [-0.2, 0) is 6.42 Å². The van der Waals surface area contributed by atoms with Gasteiger partial charge in [-0.1, -0.05) is 31.5 Å². The number of aryl methyl sites for hydroxylation is 1. The Hall–Kier alpha value is -1.06. The van der Waals surface area contributed by atoms with Gasteiger partial charge >= 0.3 is 0 Å². The van der Waals surface area contributed by atoms with Crippen LogP contribution in [0.5, 0.6) is 5.75 Å². The fourth-order valence-corrected chi connectivity index (χ4v) is 1.36. The van der Waals surface area contributed by atoms with Crippen LogP contribution >= 0.6 is 0 Å². The third-order valence-corrected chi connectivity index (χ3v) is 2.13. The van der Waals surface area contributed by atoms with Crippen molar-refractivity contribution in [3.05, 3.63) is 29.8 Å². The summed E-state index contributed by atoms with van der Waals surface area (Å²) in [6.45, 7) is 1.98. The summed E-state index contributed by atoms with van der Waals surface area (Å²) < 4.78 is 5.43. The fraction of sp³-hybridized carbons (Fsp3) is 0.500. The van der Waals surface area contributed by atoms with Gasteiger partial charge in [-0.05, 0) is 18.1 Å². The Labute approximate surface area is 90.3 Å². The van der Waals surface area contributed by atoms with E-state index < -0.39 is 6.10 Å². The lowest BCUT2D eigenvalue weighted by molar-refractivity contribution is 0.0533. The Balaban J connectivity index is 2.58. The molecule has 0 bridgehead atoms. The zero-order valence-corrected chi connectivity index (χ0v) is 9.02. The quantitative estimate of drug-likeness (QED) is 0.745. The number of aliphatic hydroxyl groups is 2. The molecule has 1 aromatic carbocycles. The fourth-order valence-electron chi connectivity index (χ4n) is 1.36. The summed E-state index contributed by atoms with van der Waals surface area (Å²) >= 11 is 0. The largest absolute Gasteiger partial charge is 0.491 e. The summed E-state index contributed by atoms with van der Waals surface area (Å²) in [4.78, 5) is 0. The molecule has 0 fully saturated rings. The van der Waals surface area contributed by atoms with E-state index in [0.717, 1.165) is 24.2 Å². The lowest BCUT2D eigenvalue weighted by Gasteiger charge is -2.13. The molecule has 0 amide bonds. The van der Waals surface area contributed by atoms with Crippen LogP contribution in [0.4, 0.5) is 0 Å². The molecular formula is C12H18O3. The van der Waals surface area contributed by atoms with E-state index in [4.69, 9.17) is 14.9 Å². The molecule has 0 saturated carbocycles. The lowest BCUT2D eigenvalue weighted by atomic mass is 10.1. The van der Waals surface area contributed by atoms with Crippen LogP contribution in [-0.4, -0.2) is 29.5 Å². The average molecular weight is 210 g/mol. The Morgan fingerprint density at radius 2 is 2.07 bits per heavy atom. The number of hydrogen-bond acceptors (Lipinski definition) is 3. The van der Waals surface area contributed by atoms with E-state index in [1.807, 2.05) is 24.3 Å². The number of rotatable bonds is 6. The minimum absolute atomic E-state index is 0.136. The van der Waals surface area contributed by atoms with E-state index in [2.05, 4.69) is 6.92 Å². The van der Waals surface area contributed by atoms with Gasteiger partial charge in [0.1, 0.15) is 18.5 Å². The summed E-state index contributed by atoms with van der Waals surface area (Å²) in [6, 6.07) is 7.78. The third kappa shape index (κ3) is 3.90. The van der Waals surface area contributed by atoms with Gasteiger partial charge in [0, 0.05) is 0 Å². The van der Waals surface area contributed by atoms with Gasteiger partial charge in [-0.2, -0.15) is 0 Å². The first-order valence-electron chi connectivity index (χ1n) is 5.27. The van der Waals surface area contributed by atoms with Gasteiger partial charge in [-0.3, -0.25) is 0 Å². The van der Waals surface area contributed by atoms with Crippen molar-refractivity contribution in [1.82, 2.24) is 0 Å². The maximum atomic E-state index is 9.17. The highest BCUT2D eigenvalue weighted by Crippen LogP contribution is 2.19. The van der Waals surface area contributed by atoms with Crippen LogP contribution in [0.1, 0.15) is 18.9 Å². The first-order chi connectivity index (χ1) is 7.27. The van der Waals surface area contributed by atoms with E-state index in [0.29, 0.717) is 0 Å². The van der Waals surface area contributed by atoms with E-state index >= 15 is 0 Å². The van der Waals surface area contributed by atoms with Gasteiger partial charge in [0.2, 0.25) is 0 Å². The monoisotopic (exact) mass is 210 g/mol. The van der Waals surface area contributed by atoms with Gasteiger partial charge in [-0.25, -0.2) is 0 Å². The van der Waals surface area contributed by atoms with E-state index in [1.54, 1.807) is 0 Å². The van der Waals surface area contributed by atoms with Crippen molar-refractivity contribution < 1.29 is 14.9 Å². The smallest absolute Gasteiger partial charge is 0.122 e. The molecule has 3 nitrogen and oxygen atoms in total. The van der Waals surface area contributed by atoms with Crippen molar-refractivity contribution in [3.63, 3.8) is 0 Å². The number of para-hydroxylation sites is 1. The zero-order chi connectivity index (χ0) is 11.1. The second kappa shape index (κ2) is 6.43. The summed E-state index contributed by atoms with van der Waals surface area (Å²) in [5.74, 6) is 0.798. The van der Waals surface area contributed by atoms with Crippen LogP contribution in [0.15, 0.2) is 24.3 Å². The predicted molar refractivity (Wildman–Crippen MR) is 59.0 cm³/mol. The highest BCUT2D eigenvalue weighted by atomic mass is 16.5. The molecule has 84 valence electrons. The maximum Gasteiger partial charge on any atom is 0.122 e. The highest BCUT2D eigenvalue weighted by molar-refractivity contribution is 5.33. The van der Waals surface area contributed by atoms with Gasteiger partial charge in [-0.15, -0.1) is 0 Å². The van der Waals surface area contributed by atoms with Crippen molar-refractivity contribution in [2.45, 2.75) is 25.9 Å². The molecule has 15 heavy (non-hydrogen) atoms. The lowest BCUT2D eigenvalue weighted by Crippen LogP contribution is -2.21. The Morgan fingerprint density at radius 1 is 1.33 bits per heavy atom. The number of hydrogen-bond donors (Lipinski definition) is 2. The number of ether oxygens (including phenoxy) is 1. The normalized spacial score (nSPS) is 12.5. The van der Waals surface area contributed by atoms with Crippen LogP contribution in [0.25, 0.3) is 0 Å². The Bertz CT molecular complexity index is 286. The average Bonchev–Trinajstić information content (AvgIpc) is 2.28. The van der Waals surface area contributed by atoms with Gasteiger partial charge < -0.3 is 14.9 Å². The summed E-state index contributed by atoms with van der Waals surface area (Å²) in [5.41, 5.74) is 1.14. The SMILES string of the molecule is CCCc1ccccc1OC[C@H](O)CO. The minimum atomic E-state index is -0.806. The minimum Gasteiger partial charge on any atom is -0.491 e. The van der Waals surface area contributed by atoms with Crippen LogP contribution in [0.3, 0.4) is 0 Å². The van der Waals surface area contributed by atoms with E-state index in [-0.39, 0.29) is 13.2 Å². The van der Waals surface area contributed by atoms with Crippen LogP contribution in [0, 0.1) is 0 Å². The van der Waals surface area contributed by atoms with E-state index in [9.17, 15) is 0 Å². The first-order valence-corrected chi connectivity index (χ1v) is 5.27. The Kier molecular flexibility index (Phi) is 5.15. The van der Waals surface area contributed by atoms with Crippen LogP contribution < -0.4 is 4.74 Å². The Morgan fingerprint density at radius 3 is 2.73 bits per heavy atom. The van der Waals surface area contributed by atoms with Gasteiger partial charge in [0.15, 0.2) is 0 Å². The molecule has 0 saturated heterocycles. The molecule has 3 heteroatoms. The number of aliphatic hydroxyl groups excluding tert-OH is 2. The maximum absolute atomic E-state index is 9.17. The van der Waals surface area contributed by atoms with Gasteiger partial charge in [0.25, 0.3) is 0 Å². The van der Waals surface area contributed by atoms with Crippen molar-refractivity contribution in [3.8, 4) is 5.75 Å². The van der Waals surface area contributed by atoms with Crippen molar-refractivity contribution in [2.75, 3.05) is 13.2 Å². The predicted octanol–water partition coefficient (Wildman–Crippen LogP) is 1.37. The first kappa shape index (κ1) is 12.0. The summed E-state index contributed by atoms with van der Waals surface area (Å²) in [5, 5.41) is 17.8. The molecule has 0 aliphatic carbocycles. The zero-order valence-electron chi connectivity index (χ0n) is 9.02. The standard InChI is InChI=1S/C12H18O3/c1-2-5-10-6-3-4-7-12(10)15-9-11(14)8-13/h3-4,6-7,11,13-14H,2,5,8-9H2,1H3/t11-/m1/s1. The molecular weight excluding hydrogens is 192 g/mol. The second-order valence-corrected chi connectivity index (χ2v) is 3.51. The molecule has 0 radical (unpaired) electrons. The van der Waals surface area contributed by atoms with E-state index in [1.165, 1.54) is 0 Å². The molecule has 1 atom stereocenters. The molecule has 1 aromatic rings. The summed E-state index contributed by atoms with van der Waals surface area (Å²) in [6.07, 6.45) is 1.22. The summed E-state index contributed by atoms with van der Waals surface area (Å²) in [7, 11) is 0.